The van der Waals surface area contributed by atoms with E-state index in [9.17, 15) is 4.79 Å². The largest absolute Gasteiger partial charge is 0.494 e. The Morgan fingerprint density at radius 1 is 1.45 bits per heavy atom. The summed E-state index contributed by atoms with van der Waals surface area (Å²) in [6.07, 6.45) is 4.49. The molecule has 1 aromatic carbocycles. The molecule has 4 nitrogen and oxygen atoms in total. The van der Waals surface area contributed by atoms with Crippen LogP contribution in [0.15, 0.2) is 30.3 Å². The lowest BCUT2D eigenvalue weighted by Crippen LogP contribution is -2.28. The Balaban J connectivity index is 1.90. The summed E-state index contributed by atoms with van der Waals surface area (Å²) in [4.78, 5) is 13.9. The molecule has 0 spiro atoms. The topological polar surface area (TPSA) is 55.6 Å². The minimum Gasteiger partial charge on any atom is -0.494 e. The number of amides is 1. The molecule has 2 rings (SSSR count). The molecule has 4 heteroatoms. The minimum absolute atomic E-state index is 0.0647. The van der Waals surface area contributed by atoms with E-state index in [-0.39, 0.29) is 5.91 Å². The van der Waals surface area contributed by atoms with E-state index in [2.05, 4.69) is 0 Å². The summed E-state index contributed by atoms with van der Waals surface area (Å²) in [6, 6.07) is 7.71. The van der Waals surface area contributed by atoms with Crippen LogP contribution in [0.4, 0.5) is 0 Å². The van der Waals surface area contributed by atoms with Gasteiger partial charge < -0.3 is 15.4 Å². The second-order valence-corrected chi connectivity index (χ2v) is 5.01. The summed E-state index contributed by atoms with van der Waals surface area (Å²) in [5.41, 5.74) is 6.63. The molecule has 108 valence electrons. The average Bonchev–Trinajstić information content (AvgIpc) is 2.95. The lowest BCUT2D eigenvalue weighted by molar-refractivity contribution is -0.125. The second-order valence-electron chi connectivity index (χ2n) is 5.01. The minimum atomic E-state index is 0.0647. The molecule has 1 aliphatic heterocycles. The highest BCUT2D eigenvalue weighted by atomic mass is 16.5. The zero-order chi connectivity index (χ0) is 14.4. The number of nitrogens with zero attached hydrogens (tertiary/aromatic N) is 1. The fourth-order valence-electron chi connectivity index (χ4n) is 2.34. The van der Waals surface area contributed by atoms with Crippen LogP contribution < -0.4 is 10.5 Å². The first kappa shape index (κ1) is 14.6. The van der Waals surface area contributed by atoms with Crippen LogP contribution in [-0.4, -0.2) is 37.0 Å². The van der Waals surface area contributed by atoms with E-state index in [4.69, 9.17) is 10.5 Å². The molecule has 1 amide bonds. The van der Waals surface area contributed by atoms with Crippen molar-refractivity contribution in [2.45, 2.75) is 13.3 Å². The molecule has 1 saturated heterocycles. The Morgan fingerprint density at radius 2 is 2.20 bits per heavy atom. The van der Waals surface area contributed by atoms with Gasteiger partial charge in [0.05, 0.1) is 6.61 Å². The maximum atomic E-state index is 12.0. The van der Waals surface area contributed by atoms with E-state index in [1.165, 1.54) is 0 Å². The average molecular weight is 274 g/mol. The summed E-state index contributed by atoms with van der Waals surface area (Å²) in [6.45, 7) is 4.87. The van der Waals surface area contributed by atoms with Gasteiger partial charge >= 0.3 is 0 Å². The Hall–Kier alpha value is -1.81. The van der Waals surface area contributed by atoms with Gasteiger partial charge in [-0.25, -0.2) is 0 Å². The summed E-state index contributed by atoms with van der Waals surface area (Å²) in [5.74, 6) is 1.37. The summed E-state index contributed by atoms with van der Waals surface area (Å²) in [5, 5.41) is 0. The molecule has 1 aromatic rings. The molecular formula is C16H22N2O2. The Kier molecular flexibility index (Phi) is 5.18. The van der Waals surface area contributed by atoms with Gasteiger partial charge in [-0.15, -0.1) is 0 Å². The number of ether oxygens (including phenoxy) is 1. The third-order valence-corrected chi connectivity index (χ3v) is 3.54. The maximum absolute atomic E-state index is 12.0. The van der Waals surface area contributed by atoms with E-state index >= 15 is 0 Å². The Labute approximate surface area is 120 Å². The van der Waals surface area contributed by atoms with Crippen LogP contribution in [-0.2, 0) is 4.79 Å². The number of hydrogen-bond donors (Lipinski definition) is 1. The van der Waals surface area contributed by atoms with Gasteiger partial charge in [0.2, 0.25) is 5.91 Å². The van der Waals surface area contributed by atoms with Crippen LogP contribution in [0, 0.1) is 5.92 Å². The second kappa shape index (κ2) is 7.10. The van der Waals surface area contributed by atoms with Gasteiger partial charge in [-0.3, -0.25) is 4.79 Å². The fraction of sp³-hybridized carbons (Fsp3) is 0.438. The van der Waals surface area contributed by atoms with Crippen LogP contribution in [0.2, 0.25) is 0 Å². The molecule has 2 N–H and O–H groups in total. The molecule has 0 bridgehead atoms. The number of rotatable bonds is 5. The first-order valence-electron chi connectivity index (χ1n) is 7.13. The van der Waals surface area contributed by atoms with Crippen LogP contribution in [0.5, 0.6) is 5.75 Å². The van der Waals surface area contributed by atoms with Crippen LogP contribution in [0.3, 0.4) is 0 Å². The zero-order valence-corrected chi connectivity index (χ0v) is 11.9. The molecule has 1 fully saturated rings. The van der Waals surface area contributed by atoms with Crippen LogP contribution in [0.25, 0.3) is 6.08 Å². The van der Waals surface area contributed by atoms with Crippen LogP contribution >= 0.6 is 0 Å². The van der Waals surface area contributed by atoms with Crippen LogP contribution in [0.1, 0.15) is 18.9 Å². The molecule has 1 atom stereocenters. The quantitative estimate of drug-likeness (QED) is 0.834. The molecule has 1 aliphatic rings. The highest BCUT2D eigenvalue weighted by Crippen LogP contribution is 2.16. The summed E-state index contributed by atoms with van der Waals surface area (Å²) >= 11 is 0. The Bertz CT molecular complexity index is 468. The summed E-state index contributed by atoms with van der Waals surface area (Å²) in [7, 11) is 0. The molecule has 1 heterocycles. The fourth-order valence-corrected chi connectivity index (χ4v) is 2.34. The summed E-state index contributed by atoms with van der Waals surface area (Å²) < 4.78 is 5.38. The SMILES string of the molecule is CCOc1ccc(/C=C/C(=O)N2CCC(CN)C2)cc1. The standard InChI is InChI=1S/C16H22N2O2/c1-2-20-15-6-3-13(4-7-15)5-8-16(19)18-10-9-14(11-17)12-18/h3-8,14H,2,9-12,17H2,1H3/b8-5+. The lowest BCUT2D eigenvalue weighted by atomic mass is 10.1. The zero-order valence-electron chi connectivity index (χ0n) is 11.9. The van der Waals surface area contributed by atoms with E-state index < -0.39 is 0 Å². The predicted molar refractivity (Wildman–Crippen MR) is 80.4 cm³/mol. The van der Waals surface area contributed by atoms with Gasteiger partial charge in [-0.1, -0.05) is 12.1 Å². The lowest BCUT2D eigenvalue weighted by Gasteiger charge is -2.13. The monoisotopic (exact) mass is 274 g/mol. The maximum Gasteiger partial charge on any atom is 0.246 e. The van der Waals surface area contributed by atoms with Gasteiger partial charge in [-0.2, -0.15) is 0 Å². The molecule has 0 aliphatic carbocycles. The van der Waals surface area contributed by atoms with E-state index in [1.807, 2.05) is 42.2 Å². The predicted octanol–water partition coefficient (Wildman–Crippen LogP) is 1.91. The highest BCUT2D eigenvalue weighted by molar-refractivity contribution is 5.91. The number of carbonyl (C=O) groups excluding carboxylic acids is 1. The molecule has 20 heavy (non-hydrogen) atoms. The Morgan fingerprint density at radius 3 is 2.80 bits per heavy atom. The van der Waals surface area contributed by atoms with E-state index in [0.717, 1.165) is 30.8 Å². The molecule has 1 unspecified atom stereocenters. The molecule has 0 aromatic heterocycles. The number of nitrogens with two attached hydrogens (primary N) is 1. The van der Waals surface area contributed by atoms with Crippen molar-refractivity contribution in [1.29, 1.82) is 0 Å². The van der Waals surface area contributed by atoms with Gasteiger partial charge in [0.1, 0.15) is 5.75 Å². The molecule has 0 radical (unpaired) electrons. The van der Waals surface area contributed by atoms with Crippen molar-refractivity contribution < 1.29 is 9.53 Å². The number of hydrogen-bond acceptors (Lipinski definition) is 3. The van der Waals surface area contributed by atoms with Crippen molar-refractivity contribution in [3.8, 4) is 5.75 Å². The van der Waals surface area contributed by atoms with Crippen molar-refractivity contribution in [2.75, 3.05) is 26.2 Å². The number of benzene rings is 1. The first-order chi connectivity index (χ1) is 9.72. The van der Waals surface area contributed by atoms with Gasteiger partial charge in [-0.05, 0) is 49.6 Å². The molecule has 0 saturated carbocycles. The smallest absolute Gasteiger partial charge is 0.246 e. The van der Waals surface area contributed by atoms with E-state index in [0.29, 0.717) is 19.1 Å². The van der Waals surface area contributed by atoms with Crippen molar-refractivity contribution in [3.05, 3.63) is 35.9 Å². The van der Waals surface area contributed by atoms with Gasteiger partial charge in [0, 0.05) is 19.2 Å². The normalized spacial score (nSPS) is 18.7. The van der Waals surface area contributed by atoms with Crippen molar-refractivity contribution >= 4 is 12.0 Å². The number of carbonyl (C=O) groups is 1. The number of likely N-dealkylation sites (tertiary alicyclic amines) is 1. The first-order valence-corrected chi connectivity index (χ1v) is 7.13. The third kappa shape index (κ3) is 3.84. The molecular weight excluding hydrogens is 252 g/mol. The van der Waals surface area contributed by atoms with Gasteiger partial charge in [0.15, 0.2) is 0 Å². The van der Waals surface area contributed by atoms with E-state index in [1.54, 1.807) is 6.08 Å². The van der Waals surface area contributed by atoms with Crippen molar-refractivity contribution in [3.63, 3.8) is 0 Å². The highest BCUT2D eigenvalue weighted by Gasteiger charge is 2.23. The third-order valence-electron chi connectivity index (χ3n) is 3.54. The van der Waals surface area contributed by atoms with Crippen molar-refractivity contribution in [2.24, 2.45) is 11.7 Å². The van der Waals surface area contributed by atoms with Gasteiger partial charge in [0.25, 0.3) is 0 Å². The van der Waals surface area contributed by atoms with Crippen molar-refractivity contribution in [1.82, 2.24) is 4.90 Å².